The lowest BCUT2D eigenvalue weighted by Crippen LogP contribution is -2.12. The molecule has 0 aliphatic rings. The first kappa shape index (κ1) is 12.2. The molecule has 0 aromatic heterocycles. The first-order chi connectivity index (χ1) is 6.93. The van der Waals surface area contributed by atoms with Crippen LogP contribution in [0.1, 0.15) is 17.3 Å². The highest BCUT2D eigenvalue weighted by atomic mass is 79.9. The third kappa shape index (κ3) is 2.79. The standard InChI is InChI=1S/C9H7Br2NO3/c1-4(13)12-8-6(11)3-2-5(10)7(8)9(14)15/h2-3H,1H3,(H,12,13)(H,14,15). The third-order valence-corrected chi connectivity index (χ3v) is 2.94. The number of carboxylic acid groups (broad SMARTS) is 1. The van der Waals surface area contributed by atoms with Gasteiger partial charge >= 0.3 is 5.97 Å². The number of aromatic carboxylic acids is 1. The SMILES string of the molecule is CC(=O)Nc1c(Br)ccc(Br)c1C(=O)O. The number of carboxylic acids is 1. The Morgan fingerprint density at radius 2 is 1.80 bits per heavy atom. The van der Waals surface area contributed by atoms with Crippen molar-refractivity contribution in [1.29, 1.82) is 0 Å². The van der Waals surface area contributed by atoms with Gasteiger partial charge in [0.2, 0.25) is 5.91 Å². The quantitative estimate of drug-likeness (QED) is 0.872. The van der Waals surface area contributed by atoms with Crippen molar-refractivity contribution >= 4 is 49.4 Å². The normalized spacial score (nSPS) is 9.80. The second kappa shape index (κ2) is 4.76. The Kier molecular flexibility index (Phi) is 3.87. The van der Waals surface area contributed by atoms with Crippen molar-refractivity contribution in [2.24, 2.45) is 0 Å². The van der Waals surface area contributed by atoms with Gasteiger partial charge in [-0.25, -0.2) is 4.79 Å². The number of carbonyl (C=O) groups is 2. The molecule has 0 bridgehead atoms. The van der Waals surface area contributed by atoms with E-state index in [9.17, 15) is 9.59 Å². The number of hydrogen-bond acceptors (Lipinski definition) is 2. The molecule has 0 saturated heterocycles. The molecule has 1 aromatic carbocycles. The Balaban J connectivity index is 3.38. The van der Waals surface area contributed by atoms with Crippen molar-refractivity contribution in [3.05, 3.63) is 26.6 Å². The lowest BCUT2D eigenvalue weighted by atomic mass is 10.2. The van der Waals surface area contributed by atoms with Gasteiger partial charge in [0.05, 0.1) is 11.3 Å². The number of hydrogen-bond donors (Lipinski definition) is 2. The van der Waals surface area contributed by atoms with E-state index < -0.39 is 5.97 Å². The van der Waals surface area contributed by atoms with Gasteiger partial charge in [0.15, 0.2) is 0 Å². The lowest BCUT2D eigenvalue weighted by molar-refractivity contribution is -0.114. The van der Waals surface area contributed by atoms with Crippen LogP contribution in [-0.4, -0.2) is 17.0 Å². The molecule has 0 fully saturated rings. The van der Waals surface area contributed by atoms with Crippen LogP contribution in [0.5, 0.6) is 0 Å². The van der Waals surface area contributed by atoms with Crippen LogP contribution < -0.4 is 5.32 Å². The zero-order valence-corrected chi connectivity index (χ0v) is 10.8. The summed E-state index contributed by atoms with van der Waals surface area (Å²) in [7, 11) is 0. The van der Waals surface area contributed by atoms with E-state index in [4.69, 9.17) is 5.11 Å². The maximum atomic E-state index is 11.0. The van der Waals surface area contributed by atoms with Crippen LogP contribution in [0, 0.1) is 0 Å². The molecule has 0 aliphatic carbocycles. The molecule has 0 heterocycles. The van der Waals surface area contributed by atoms with Crippen LogP contribution in [0.25, 0.3) is 0 Å². The first-order valence-corrected chi connectivity index (χ1v) is 5.51. The number of benzene rings is 1. The minimum atomic E-state index is -1.10. The van der Waals surface area contributed by atoms with E-state index in [1.54, 1.807) is 12.1 Å². The molecule has 1 aromatic rings. The highest BCUT2D eigenvalue weighted by molar-refractivity contribution is 9.11. The maximum Gasteiger partial charge on any atom is 0.339 e. The fourth-order valence-electron chi connectivity index (χ4n) is 1.06. The van der Waals surface area contributed by atoms with E-state index >= 15 is 0 Å². The van der Waals surface area contributed by atoms with E-state index in [1.165, 1.54) is 6.92 Å². The zero-order chi connectivity index (χ0) is 11.6. The molecular formula is C9H7Br2NO3. The number of rotatable bonds is 2. The molecule has 2 N–H and O–H groups in total. The molecule has 0 spiro atoms. The molecule has 4 nitrogen and oxygen atoms in total. The summed E-state index contributed by atoms with van der Waals surface area (Å²) >= 11 is 6.30. The van der Waals surface area contributed by atoms with E-state index in [0.717, 1.165) is 0 Å². The monoisotopic (exact) mass is 335 g/mol. The van der Waals surface area contributed by atoms with E-state index in [1.807, 2.05) is 0 Å². The molecule has 0 unspecified atom stereocenters. The van der Waals surface area contributed by atoms with Crippen LogP contribution in [0.2, 0.25) is 0 Å². The van der Waals surface area contributed by atoms with Gasteiger partial charge in [0.25, 0.3) is 0 Å². The molecule has 1 rings (SSSR count). The van der Waals surface area contributed by atoms with Gasteiger partial charge in [-0.15, -0.1) is 0 Å². The van der Waals surface area contributed by atoms with Crippen molar-refractivity contribution in [1.82, 2.24) is 0 Å². The summed E-state index contributed by atoms with van der Waals surface area (Å²) in [5.41, 5.74) is 0.281. The number of anilines is 1. The molecule has 0 atom stereocenters. The van der Waals surface area contributed by atoms with Gasteiger partial charge in [-0.1, -0.05) is 0 Å². The first-order valence-electron chi connectivity index (χ1n) is 3.92. The lowest BCUT2D eigenvalue weighted by Gasteiger charge is -2.10. The zero-order valence-electron chi connectivity index (χ0n) is 7.67. The van der Waals surface area contributed by atoms with Gasteiger partial charge in [0, 0.05) is 15.9 Å². The summed E-state index contributed by atoms with van der Waals surface area (Å²) in [4.78, 5) is 21.9. The van der Waals surface area contributed by atoms with Crippen molar-refractivity contribution < 1.29 is 14.7 Å². The number of nitrogens with one attached hydrogen (secondary N) is 1. The smallest absolute Gasteiger partial charge is 0.339 e. The van der Waals surface area contributed by atoms with Crippen molar-refractivity contribution in [3.8, 4) is 0 Å². The van der Waals surface area contributed by atoms with Crippen LogP contribution in [0.4, 0.5) is 5.69 Å². The molecule has 1 amide bonds. The summed E-state index contributed by atoms with van der Waals surface area (Å²) in [6.07, 6.45) is 0. The van der Waals surface area contributed by atoms with E-state index in [-0.39, 0.29) is 17.2 Å². The molecule has 0 aliphatic heterocycles. The molecule has 80 valence electrons. The third-order valence-electron chi connectivity index (χ3n) is 1.62. The summed E-state index contributed by atoms with van der Waals surface area (Å²) in [6, 6.07) is 3.25. The van der Waals surface area contributed by atoms with Crippen LogP contribution in [0.15, 0.2) is 21.1 Å². The van der Waals surface area contributed by atoms with Crippen LogP contribution in [-0.2, 0) is 4.79 Å². The average molecular weight is 337 g/mol. The summed E-state index contributed by atoms with van der Waals surface area (Å²) in [5.74, 6) is -1.43. The van der Waals surface area contributed by atoms with Crippen molar-refractivity contribution in [3.63, 3.8) is 0 Å². The Hall–Kier alpha value is -0.880. The fraction of sp³-hybridized carbons (Fsp3) is 0.111. The molecule has 0 radical (unpaired) electrons. The predicted molar refractivity (Wildman–Crippen MR) is 63.1 cm³/mol. The fourth-order valence-corrected chi connectivity index (χ4v) is 1.99. The van der Waals surface area contributed by atoms with E-state index in [0.29, 0.717) is 8.95 Å². The minimum absolute atomic E-state index is 0.0274. The number of carbonyl (C=O) groups excluding carboxylic acids is 1. The second-order valence-electron chi connectivity index (χ2n) is 2.77. The number of halogens is 2. The van der Waals surface area contributed by atoms with Gasteiger partial charge < -0.3 is 10.4 Å². The summed E-state index contributed by atoms with van der Waals surface area (Å²) in [5, 5.41) is 11.4. The van der Waals surface area contributed by atoms with Crippen molar-refractivity contribution in [2.75, 3.05) is 5.32 Å². The topological polar surface area (TPSA) is 66.4 Å². The highest BCUT2D eigenvalue weighted by Gasteiger charge is 2.17. The summed E-state index contributed by atoms with van der Waals surface area (Å²) < 4.78 is 0.945. The predicted octanol–water partition coefficient (Wildman–Crippen LogP) is 2.87. The van der Waals surface area contributed by atoms with Gasteiger partial charge in [0.1, 0.15) is 0 Å². The summed E-state index contributed by atoms with van der Waals surface area (Å²) in [6.45, 7) is 1.32. The van der Waals surface area contributed by atoms with Gasteiger partial charge in [-0.2, -0.15) is 0 Å². The Bertz CT molecular complexity index is 432. The molecule has 6 heteroatoms. The van der Waals surface area contributed by atoms with E-state index in [2.05, 4.69) is 37.2 Å². The molecule has 15 heavy (non-hydrogen) atoms. The highest BCUT2D eigenvalue weighted by Crippen LogP contribution is 2.32. The minimum Gasteiger partial charge on any atom is -0.478 e. The van der Waals surface area contributed by atoms with Gasteiger partial charge in [-0.3, -0.25) is 4.79 Å². The molecule has 0 saturated carbocycles. The average Bonchev–Trinajstić information content (AvgIpc) is 2.10. The van der Waals surface area contributed by atoms with Crippen LogP contribution >= 0.6 is 31.9 Å². The van der Waals surface area contributed by atoms with Crippen molar-refractivity contribution in [2.45, 2.75) is 6.92 Å². The Labute approximate surface area is 103 Å². The largest absolute Gasteiger partial charge is 0.478 e. The second-order valence-corrected chi connectivity index (χ2v) is 4.47. The Morgan fingerprint density at radius 1 is 1.27 bits per heavy atom. The Morgan fingerprint density at radius 3 is 2.27 bits per heavy atom. The number of amides is 1. The maximum absolute atomic E-state index is 11.0. The molecular weight excluding hydrogens is 330 g/mol. The van der Waals surface area contributed by atoms with Crippen LogP contribution in [0.3, 0.4) is 0 Å². The van der Waals surface area contributed by atoms with Gasteiger partial charge in [-0.05, 0) is 44.0 Å².